The van der Waals surface area contributed by atoms with Crippen molar-refractivity contribution in [1.82, 2.24) is 10.2 Å². The highest BCUT2D eigenvalue weighted by atomic mass is 32.1. The van der Waals surface area contributed by atoms with Crippen molar-refractivity contribution in [2.75, 3.05) is 13.7 Å². The number of aromatic hydroxyl groups is 1. The number of carbonyl (C=O) groups excluding carboxylic acids is 3. The Morgan fingerprint density at radius 1 is 1.24 bits per heavy atom. The van der Waals surface area contributed by atoms with Crippen LogP contribution in [0.25, 0.3) is 0 Å². The van der Waals surface area contributed by atoms with Crippen LogP contribution in [0.2, 0.25) is 0 Å². The van der Waals surface area contributed by atoms with Crippen LogP contribution >= 0.6 is 11.3 Å². The molecule has 2 aliphatic rings. The summed E-state index contributed by atoms with van der Waals surface area (Å²) in [5.74, 6) is -2.60. The summed E-state index contributed by atoms with van der Waals surface area (Å²) in [4.78, 5) is 41.6. The number of esters is 1. The van der Waals surface area contributed by atoms with Gasteiger partial charge in [0.05, 0.1) is 25.0 Å². The number of methoxy groups -OCH3 is 1. The number of nitrogens with zero attached hydrogens (tertiary/aromatic N) is 1. The molecule has 2 fully saturated rings. The fourth-order valence-corrected chi connectivity index (χ4v) is 5.45. The van der Waals surface area contributed by atoms with Crippen molar-refractivity contribution in [2.24, 2.45) is 11.8 Å². The van der Waals surface area contributed by atoms with Crippen molar-refractivity contribution in [3.05, 3.63) is 52.2 Å². The maximum absolute atomic E-state index is 13.2. The Labute approximate surface area is 172 Å². The molecule has 29 heavy (non-hydrogen) atoms. The van der Waals surface area contributed by atoms with E-state index >= 15 is 0 Å². The second kappa shape index (κ2) is 7.27. The number of rotatable bonds is 5. The van der Waals surface area contributed by atoms with Gasteiger partial charge in [0.25, 0.3) is 0 Å². The zero-order chi connectivity index (χ0) is 20.8. The largest absolute Gasteiger partial charge is 0.508 e. The number of phenols is 1. The quantitative estimate of drug-likeness (QED) is 0.573. The predicted octanol–water partition coefficient (Wildman–Crippen LogP) is 1.87. The molecular weight excluding hydrogens is 392 g/mol. The van der Waals surface area contributed by atoms with E-state index in [1.807, 2.05) is 17.5 Å². The number of fused-ring (bicyclic) bond motifs is 1. The number of benzene rings is 1. The molecule has 2 aliphatic heterocycles. The van der Waals surface area contributed by atoms with E-state index in [2.05, 4.69) is 5.32 Å². The molecule has 1 aromatic carbocycles. The lowest BCUT2D eigenvalue weighted by molar-refractivity contribution is -0.154. The Morgan fingerprint density at radius 2 is 1.97 bits per heavy atom. The molecule has 0 aliphatic carbocycles. The topological polar surface area (TPSA) is 95.9 Å². The number of amides is 2. The Bertz CT molecular complexity index is 942. The maximum atomic E-state index is 13.2. The van der Waals surface area contributed by atoms with Crippen LogP contribution in [-0.4, -0.2) is 47.0 Å². The molecule has 4 rings (SSSR count). The van der Waals surface area contributed by atoms with Crippen LogP contribution in [0.4, 0.5) is 0 Å². The summed E-state index contributed by atoms with van der Waals surface area (Å²) >= 11 is 1.48. The van der Waals surface area contributed by atoms with Gasteiger partial charge in [-0.1, -0.05) is 18.2 Å². The molecule has 2 saturated heterocycles. The number of nitrogens with one attached hydrogen (secondary N) is 1. The van der Waals surface area contributed by atoms with E-state index in [0.29, 0.717) is 0 Å². The molecule has 4 atom stereocenters. The van der Waals surface area contributed by atoms with E-state index in [1.54, 1.807) is 19.1 Å². The standard InChI is InChI=1S/C21H22N2O5S/c1-3-23-18(25)15-16(19(23)26)21(20(27)28-2,11-12-6-8-13(24)9-7-12)22-17(15)14-5-4-10-29-14/h4-10,15-17,22,24H,3,11H2,1-2H3/t15-,16+,17+,21-/m1/s1. The second-order valence-corrected chi connectivity index (χ2v) is 8.35. The van der Waals surface area contributed by atoms with Gasteiger partial charge in [0.1, 0.15) is 11.3 Å². The average molecular weight is 414 g/mol. The minimum Gasteiger partial charge on any atom is -0.508 e. The highest BCUT2D eigenvalue weighted by Gasteiger charge is 2.68. The van der Waals surface area contributed by atoms with E-state index in [1.165, 1.54) is 35.5 Å². The van der Waals surface area contributed by atoms with E-state index in [4.69, 9.17) is 4.74 Å². The Balaban J connectivity index is 1.84. The van der Waals surface area contributed by atoms with Gasteiger partial charge < -0.3 is 9.84 Å². The van der Waals surface area contributed by atoms with E-state index < -0.39 is 29.4 Å². The molecule has 0 radical (unpaired) electrons. The number of hydrogen-bond acceptors (Lipinski definition) is 7. The summed E-state index contributed by atoms with van der Waals surface area (Å²) in [5.41, 5.74) is -0.622. The molecular formula is C21H22N2O5S. The Morgan fingerprint density at radius 3 is 2.55 bits per heavy atom. The van der Waals surface area contributed by atoms with Gasteiger partial charge in [-0.25, -0.2) is 0 Å². The third-order valence-electron chi connectivity index (χ3n) is 5.88. The first-order chi connectivity index (χ1) is 13.9. The zero-order valence-electron chi connectivity index (χ0n) is 16.1. The molecule has 0 bridgehead atoms. The number of ether oxygens (including phenoxy) is 1. The van der Waals surface area contributed by atoms with Crippen LogP contribution < -0.4 is 5.32 Å². The molecule has 0 unspecified atom stereocenters. The normalized spacial score (nSPS) is 28.6. The molecule has 3 heterocycles. The monoisotopic (exact) mass is 414 g/mol. The fraction of sp³-hybridized carbons (Fsp3) is 0.381. The van der Waals surface area contributed by atoms with Crippen molar-refractivity contribution in [2.45, 2.75) is 24.9 Å². The SMILES string of the molecule is CCN1C(=O)[C@@H]2[C@@H](C1=O)[C@](Cc1ccc(O)cc1)(C(=O)OC)N[C@H]2c1cccs1. The highest BCUT2D eigenvalue weighted by molar-refractivity contribution is 7.10. The van der Waals surface area contributed by atoms with Crippen LogP contribution in [0, 0.1) is 11.8 Å². The average Bonchev–Trinajstić information content (AvgIpc) is 3.41. The van der Waals surface area contributed by atoms with Gasteiger partial charge in [-0.15, -0.1) is 11.3 Å². The predicted molar refractivity (Wildman–Crippen MR) is 106 cm³/mol. The van der Waals surface area contributed by atoms with E-state index in [0.717, 1.165) is 10.4 Å². The second-order valence-electron chi connectivity index (χ2n) is 7.37. The number of hydrogen-bond donors (Lipinski definition) is 2. The molecule has 0 saturated carbocycles. The number of imide groups is 1. The van der Waals surface area contributed by atoms with Crippen LogP contribution in [0.5, 0.6) is 5.75 Å². The molecule has 2 aromatic rings. The lowest BCUT2D eigenvalue weighted by Crippen LogP contribution is -2.57. The molecule has 7 nitrogen and oxygen atoms in total. The van der Waals surface area contributed by atoms with Crippen molar-refractivity contribution in [3.63, 3.8) is 0 Å². The van der Waals surface area contributed by atoms with Gasteiger partial charge in [0, 0.05) is 17.8 Å². The molecule has 8 heteroatoms. The smallest absolute Gasteiger partial charge is 0.327 e. The van der Waals surface area contributed by atoms with E-state index in [-0.39, 0.29) is 30.5 Å². The van der Waals surface area contributed by atoms with E-state index in [9.17, 15) is 19.5 Å². The van der Waals surface area contributed by atoms with Crippen molar-refractivity contribution >= 4 is 29.1 Å². The van der Waals surface area contributed by atoms with Gasteiger partial charge in [-0.3, -0.25) is 24.6 Å². The van der Waals surface area contributed by atoms with Crippen LogP contribution in [0.3, 0.4) is 0 Å². The minimum atomic E-state index is -1.37. The summed E-state index contributed by atoms with van der Waals surface area (Å²) in [6.07, 6.45) is 0.166. The summed E-state index contributed by atoms with van der Waals surface area (Å²) in [6.45, 7) is 2.02. The summed E-state index contributed by atoms with van der Waals surface area (Å²) in [6, 6.07) is 9.80. The van der Waals surface area contributed by atoms with Gasteiger partial charge >= 0.3 is 5.97 Å². The third kappa shape index (κ3) is 2.94. The van der Waals surface area contributed by atoms with Gasteiger partial charge in [0.15, 0.2) is 0 Å². The summed E-state index contributed by atoms with van der Waals surface area (Å²) in [5, 5.41) is 14.8. The summed E-state index contributed by atoms with van der Waals surface area (Å²) in [7, 11) is 1.29. The Kier molecular flexibility index (Phi) is 4.92. The molecule has 2 N–H and O–H groups in total. The highest BCUT2D eigenvalue weighted by Crippen LogP contribution is 2.51. The first kappa shape index (κ1) is 19.6. The van der Waals surface area contributed by atoms with Crippen LogP contribution in [0.15, 0.2) is 41.8 Å². The third-order valence-corrected chi connectivity index (χ3v) is 6.84. The Hall–Kier alpha value is -2.71. The molecule has 1 aromatic heterocycles. The van der Waals surface area contributed by atoms with Crippen molar-refractivity contribution in [1.29, 1.82) is 0 Å². The van der Waals surface area contributed by atoms with Gasteiger partial charge in [-0.2, -0.15) is 0 Å². The fourth-order valence-electron chi connectivity index (χ4n) is 4.63. The summed E-state index contributed by atoms with van der Waals surface area (Å²) < 4.78 is 5.13. The number of thiophene rings is 1. The minimum absolute atomic E-state index is 0.110. The molecule has 2 amide bonds. The van der Waals surface area contributed by atoms with Gasteiger partial charge in [-0.05, 0) is 36.1 Å². The number of phenolic OH excluding ortho intramolecular Hbond substituents is 1. The first-order valence-corrected chi connectivity index (χ1v) is 10.3. The first-order valence-electron chi connectivity index (χ1n) is 9.45. The van der Waals surface area contributed by atoms with Crippen molar-refractivity contribution < 1.29 is 24.2 Å². The maximum Gasteiger partial charge on any atom is 0.327 e. The number of likely N-dealkylation sites (tertiary alicyclic amines) is 1. The van der Waals surface area contributed by atoms with Crippen molar-refractivity contribution in [3.8, 4) is 5.75 Å². The zero-order valence-corrected chi connectivity index (χ0v) is 16.9. The van der Waals surface area contributed by atoms with Crippen LogP contribution in [-0.2, 0) is 25.5 Å². The number of carbonyl (C=O) groups is 3. The molecule has 152 valence electrons. The van der Waals surface area contributed by atoms with Gasteiger partial charge in [0.2, 0.25) is 11.8 Å². The van der Waals surface area contributed by atoms with Crippen LogP contribution in [0.1, 0.15) is 23.4 Å². The molecule has 0 spiro atoms. The lowest BCUT2D eigenvalue weighted by Gasteiger charge is -2.32. The lowest BCUT2D eigenvalue weighted by atomic mass is 9.76.